The molecule has 1 aromatic carbocycles. The summed E-state index contributed by atoms with van der Waals surface area (Å²) in [6.45, 7) is 4.95. The van der Waals surface area contributed by atoms with E-state index in [0.717, 1.165) is 62.9 Å². The summed E-state index contributed by atoms with van der Waals surface area (Å²) in [5.74, 6) is 0.929. The van der Waals surface area contributed by atoms with Gasteiger partial charge in [0.2, 0.25) is 0 Å². The molecule has 1 saturated heterocycles. The van der Waals surface area contributed by atoms with Crippen molar-refractivity contribution in [3.8, 4) is 0 Å². The van der Waals surface area contributed by atoms with Crippen molar-refractivity contribution >= 4 is 17.4 Å². The molecule has 0 bridgehead atoms. The fourth-order valence-electron chi connectivity index (χ4n) is 3.22. The van der Waals surface area contributed by atoms with Gasteiger partial charge in [0.05, 0.1) is 19.4 Å². The monoisotopic (exact) mass is 312 g/mol. The summed E-state index contributed by atoms with van der Waals surface area (Å²) in [6, 6.07) is 9.80. The van der Waals surface area contributed by atoms with Gasteiger partial charge in [-0.1, -0.05) is 0 Å². The van der Waals surface area contributed by atoms with Crippen LogP contribution in [0, 0.1) is 0 Å². The highest BCUT2D eigenvalue weighted by atomic mass is 16.5. The average molecular weight is 312 g/mol. The van der Waals surface area contributed by atoms with Gasteiger partial charge in [0.25, 0.3) is 5.91 Å². The van der Waals surface area contributed by atoms with Gasteiger partial charge in [-0.2, -0.15) is 5.10 Å². The average Bonchev–Trinajstić information content (AvgIpc) is 3.11. The number of aryl methyl sites for hydroxylation is 1. The lowest BCUT2D eigenvalue weighted by Gasteiger charge is -2.29. The minimum absolute atomic E-state index is 0.0416. The lowest BCUT2D eigenvalue weighted by atomic mass is 10.1. The quantitative estimate of drug-likeness (QED) is 0.848. The molecule has 2 aliphatic heterocycles. The van der Waals surface area contributed by atoms with Crippen LogP contribution in [0.5, 0.6) is 0 Å². The number of hydrogen-bond acceptors (Lipinski definition) is 4. The van der Waals surface area contributed by atoms with E-state index in [4.69, 9.17) is 4.74 Å². The molecule has 1 fully saturated rings. The predicted octanol–water partition coefficient (Wildman–Crippen LogP) is 1.77. The number of amides is 1. The fraction of sp³-hybridized carbons (Fsp3) is 0.412. The Kier molecular flexibility index (Phi) is 3.75. The zero-order valence-electron chi connectivity index (χ0n) is 13.0. The van der Waals surface area contributed by atoms with Crippen LogP contribution in [0.2, 0.25) is 0 Å². The molecule has 0 spiro atoms. The number of anilines is 2. The van der Waals surface area contributed by atoms with Crippen molar-refractivity contribution in [3.05, 3.63) is 42.1 Å². The van der Waals surface area contributed by atoms with Crippen LogP contribution < -0.4 is 9.80 Å². The second kappa shape index (κ2) is 6.04. The van der Waals surface area contributed by atoms with Gasteiger partial charge in [0.15, 0.2) is 0 Å². The van der Waals surface area contributed by atoms with E-state index < -0.39 is 0 Å². The molecule has 0 aliphatic carbocycles. The van der Waals surface area contributed by atoms with E-state index in [1.165, 1.54) is 0 Å². The third-order valence-corrected chi connectivity index (χ3v) is 4.46. The Labute approximate surface area is 135 Å². The molecule has 4 rings (SSSR count). The van der Waals surface area contributed by atoms with Gasteiger partial charge in [0, 0.05) is 43.5 Å². The predicted molar refractivity (Wildman–Crippen MR) is 88.0 cm³/mol. The molecule has 0 saturated carbocycles. The number of rotatable bonds is 2. The van der Waals surface area contributed by atoms with Gasteiger partial charge < -0.3 is 9.64 Å². The van der Waals surface area contributed by atoms with E-state index >= 15 is 0 Å². The molecule has 3 heterocycles. The first kappa shape index (κ1) is 14.3. The molecule has 0 unspecified atom stereocenters. The van der Waals surface area contributed by atoms with Crippen LogP contribution in [0.4, 0.5) is 11.5 Å². The largest absolute Gasteiger partial charge is 0.378 e. The third kappa shape index (κ3) is 2.70. The SMILES string of the molecule is O=C(c1ccc(N2CCOCC2)cc1)N1CCCn2nccc21. The highest BCUT2D eigenvalue weighted by molar-refractivity contribution is 6.05. The number of nitrogens with zero attached hydrogens (tertiary/aromatic N) is 4. The third-order valence-electron chi connectivity index (χ3n) is 4.46. The minimum atomic E-state index is 0.0416. The first-order valence-electron chi connectivity index (χ1n) is 8.09. The lowest BCUT2D eigenvalue weighted by Crippen LogP contribution is -2.38. The minimum Gasteiger partial charge on any atom is -0.378 e. The zero-order chi connectivity index (χ0) is 15.6. The maximum absolute atomic E-state index is 12.8. The number of fused-ring (bicyclic) bond motifs is 1. The summed E-state index contributed by atoms with van der Waals surface area (Å²) in [6.07, 6.45) is 2.69. The Morgan fingerprint density at radius 3 is 2.57 bits per heavy atom. The van der Waals surface area contributed by atoms with Crippen LogP contribution in [-0.4, -0.2) is 48.5 Å². The van der Waals surface area contributed by atoms with E-state index in [1.807, 2.05) is 39.9 Å². The van der Waals surface area contributed by atoms with Crippen molar-refractivity contribution in [1.82, 2.24) is 9.78 Å². The Bertz CT molecular complexity index is 689. The van der Waals surface area contributed by atoms with Crippen LogP contribution in [0.1, 0.15) is 16.8 Å². The Morgan fingerprint density at radius 1 is 1.00 bits per heavy atom. The molecular formula is C17H20N4O2. The smallest absolute Gasteiger partial charge is 0.259 e. The normalized spacial score (nSPS) is 17.9. The van der Waals surface area contributed by atoms with E-state index in [1.54, 1.807) is 6.20 Å². The molecule has 6 heteroatoms. The van der Waals surface area contributed by atoms with Crippen LogP contribution in [0.3, 0.4) is 0 Å². The lowest BCUT2D eigenvalue weighted by molar-refractivity contribution is 0.0981. The molecule has 1 aromatic heterocycles. The maximum Gasteiger partial charge on any atom is 0.259 e. The second-order valence-corrected chi connectivity index (χ2v) is 5.87. The standard InChI is InChI=1S/C17H20N4O2/c22-17(20-8-1-9-21-16(20)6-7-18-21)14-2-4-15(5-3-14)19-10-12-23-13-11-19/h2-7H,1,8-13H2. The van der Waals surface area contributed by atoms with Crippen molar-refractivity contribution < 1.29 is 9.53 Å². The summed E-state index contributed by atoms with van der Waals surface area (Å²) in [5, 5.41) is 4.26. The second-order valence-electron chi connectivity index (χ2n) is 5.87. The summed E-state index contributed by atoms with van der Waals surface area (Å²) in [5.41, 5.74) is 1.87. The van der Waals surface area contributed by atoms with Crippen LogP contribution in [0.15, 0.2) is 36.5 Å². The summed E-state index contributed by atoms with van der Waals surface area (Å²) >= 11 is 0. The highest BCUT2D eigenvalue weighted by Crippen LogP contribution is 2.23. The molecule has 2 aliphatic rings. The molecule has 0 N–H and O–H groups in total. The number of morpholine rings is 1. The van der Waals surface area contributed by atoms with Crippen LogP contribution in [-0.2, 0) is 11.3 Å². The molecule has 0 atom stereocenters. The van der Waals surface area contributed by atoms with E-state index in [9.17, 15) is 4.79 Å². The van der Waals surface area contributed by atoms with Crippen molar-refractivity contribution in [2.24, 2.45) is 0 Å². The van der Waals surface area contributed by atoms with Gasteiger partial charge in [-0.3, -0.25) is 9.69 Å². The first-order chi connectivity index (χ1) is 11.3. The van der Waals surface area contributed by atoms with Gasteiger partial charge in [0.1, 0.15) is 5.82 Å². The summed E-state index contributed by atoms with van der Waals surface area (Å²) in [7, 11) is 0. The summed E-state index contributed by atoms with van der Waals surface area (Å²) < 4.78 is 7.27. The number of carbonyl (C=O) groups is 1. The topological polar surface area (TPSA) is 50.6 Å². The van der Waals surface area contributed by atoms with Crippen molar-refractivity contribution in [1.29, 1.82) is 0 Å². The Hall–Kier alpha value is -2.34. The van der Waals surface area contributed by atoms with Gasteiger partial charge >= 0.3 is 0 Å². The fourth-order valence-corrected chi connectivity index (χ4v) is 3.22. The van der Waals surface area contributed by atoms with E-state index in [0.29, 0.717) is 0 Å². The zero-order valence-corrected chi connectivity index (χ0v) is 13.0. The molecule has 0 radical (unpaired) electrons. The van der Waals surface area contributed by atoms with E-state index in [2.05, 4.69) is 10.00 Å². The number of benzene rings is 1. The van der Waals surface area contributed by atoms with Crippen LogP contribution >= 0.6 is 0 Å². The molecule has 1 amide bonds. The maximum atomic E-state index is 12.8. The number of hydrogen-bond donors (Lipinski definition) is 0. The number of carbonyl (C=O) groups excluding carboxylic acids is 1. The first-order valence-corrected chi connectivity index (χ1v) is 8.09. The van der Waals surface area contributed by atoms with Crippen LogP contribution in [0.25, 0.3) is 0 Å². The van der Waals surface area contributed by atoms with Gasteiger partial charge in [-0.05, 0) is 30.7 Å². The molecule has 23 heavy (non-hydrogen) atoms. The molecule has 6 nitrogen and oxygen atoms in total. The number of ether oxygens (including phenoxy) is 1. The Balaban J connectivity index is 1.53. The molecule has 120 valence electrons. The van der Waals surface area contributed by atoms with Crippen molar-refractivity contribution in [3.63, 3.8) is 0 Å². The van der Waals surface area contributed by atoms with Crippen molar-refractivity contribution in [2.75, 3.05) is 42.6 Å². The number of aromatic nitrogens is 2. The summed E-state index contributed by atoms with van der Waals surface area (Å²) in [4.78, 5) is 16.9. The van der Waals surface area contributed by atoms with Gasteiger partial charge in [-0.25, -0.2) is 4.68 Å². The molecule has 2 aromatic rings. The Morgan fingerprint density at radius 2 is 1.78 bits per heavy atom. The molecular weight excluding hydrogens is 292 g/mol. The van der Waals surface area contributed by atoms with E-state index in [-0.39, 0.29) is 5.91 Å². The van der Waals surface area contributed by atoms with Gasteiger partial charge in [-0.15, -0.1) is 0 Å². The highest BCUT2D eigenvalue weighted by Gasteiger charge is 2.24. The van der Waals surface area contributed by atoms with Crippen molar-refractivity contribution in [2.45, 2.75) is 13.0 Å².